The first kappa shape index (κ1) is 15.9. The van der Waals surface area contributed by atoms with E-state index in [0.29, 0.717) is 12.3 Å². The molecule has 7 heteroatoms. The Labute approximate surface area is 132 Å². The summed E-state index contributed by atoms with van der Waals surface area (Å²) >= 11 is 3.16. The third-order valence-electron chi connectivity index (χ3n) is 2.90. The molecule has 2 rings (SSSR count). The minimum atomic E-state index is -0.366. The molecule has 114 valence electrons. The molecule has 0 aliphatic carbocycles. The van der Waals surface area contributed by atoms with E-state index in [0.717, 1.165) is 21.4 Å². The Morgan fingerprint density at radius 2 is 2.19 bits per heavy atom. The lowest BCUT2D eigenvalue weighted by atomic mass is 10.3. The number of nitrogens with zero attached hydrogens (tertiary/aromatic N) is 2. The quantitative estimate of drug-likeness (QED) is 0.818. The van der Waals surface area contributed by atoms with Crippen LogP contribution in [0.3, 0.4) is 0 Å². The van der Waals surface area contributed by atoms with Gasteiger partial charge in [-0.2, -0.15) is 0 Å². The molecule has 2 aromatic rings. The number of hydrogen-bond donors (Lipinski definition) is 1. The maximum absolute atomic E-state index is 11.8. The van der Waals surface area contributed by atoms with E-state index in [-0.39, 0.29) is 12.0 Å². The molecular formula is C14H19N3O2S2. The van der Waals surface area contributed by atoms with Gasteiger partial charge in [0.1, 0.15) is 5.01 Å². The van der Waals surface area contributed by atoms with Crippen molar-refractivity contribution in [3.05, 3.63) is 26.7 Å². The van der Waals surface area contributed by atoms with Crippen LogP contribution in [-0.4, -0.2) is 22.5 Å². The molecule has 1 atom stereocenters. The van der Waals surface area contributed by atoms with E-state index >= 15 is 0 Å². The molecule has 0 spiro atoms. The summed E-state index contributed by atoms with van der Waals surface area (Å²) < 4.78 is 5.00. The van der Waals surface area contributed by atoms with Crippen LogP contribution in [0.15, 0.2) is 6.20 Å². The van der Waals surface area contributed by atoms with Gasteiger partial charge < -0.3 is 10.1 Å². The highest BCUT2D eigenvalue weighted by Crippen LogP contribution is 2.28. The highest BCUT2D eigenvalue weighted by molar-refractivity contribution is 7.15. The van der Waals surface area contributed by atoms with Gasteiger partial charge in [0, 0.05) is 16.0 Å². The average molecular weight is 325 g/mol. The van der Waals surface area contributed by atoms with Crippen molar-refractivity contribution in [2.75, 3.05) is 11.9 Å². The highest BCUT2D eigenvalue weighted by Gasteiger charge is 2.18. The zero-order valence-corrected chi connectivity index (χ0v) is 14.2. The van der Waals surface area contributed by atoms with Crippen LogP contribution in [0.2, 0.25) is 0 Å². The van der Waals surface area contributed by atoms with Crippen LogP contribution in [0, 0.1) is 6.92 Å². The lowest BCUT2D eigenvalue weighted by Crippen LogP contribution is -2.08. The van der Waals surface area contributed by atoms with Crippen LogP contribution in [-0.2, 0) is 11.2 Å². The van der Waals surface area contributed by atoms with Gasteiger partial charge in [-0.3, -0.25) is 0 Å². The molecule has 0 aliphatic rings. The molecular weight excluding hydrogens is 306 g/mol. The molecule has 0 amide bonds. The molecule has 1 unspecified atom stereocenters. The van der Waals surface area contributed by atoms with E-state index in [1.807, 2.05) is 20.0 Å². The number of carbonyl (C=O) groups is 1. The first-order chi connectivity index (χ1) is 10.0. The molecule has 0 saturated heterocycles. The smallest absolute Gasteiger partial charge is 0.358 e. The zero-order valence-electron chi connectivity index (χ0n) is 12.6. The fraction of sp³-hybridized carbons (Fsp3) is 0.500. The van der Waals surface area contributed by atoms with Crippen molar-refractivity contribution in [3.8, 4) is 0 Å². The second kappa shape index (κ2) is 7.00. The number of nitrogens with one attached hydrogen (secondary N) is 1. The van der Waals surface area contributed by atoms with E-state index in [1.165, 1.54) is 16.2 Å². The van der Waals surface area contributed by atoms with Crippen LogP contribution in [0.1, 0.15) is 52.1 Å². The van der Waals surface area contributed by atoms with Gasteiger partial charge >= 0.3 is 5.97 Å². The van der Waals surface area contributed by atoms with Gasteiger partial charge in [0.05, 0.1) is 12.6 Å². The fourth-order valence-corrected chi connectivity index (χ4v) is 3.53. The van der Waals surface area contributed by atoms with Crippen molar-refractivity contribution >= 4 is 33.8 Å². The topological polar surface area (TPSA) is 64.1 Å². The van der Waals surface area contributed by atoms with Gasteiger partial charge in [-0.1, -0.05) is 6.92 Å². The number of thiazole rings is 2. The summed E-state index contributed by atoms with van der Waals surface area (Å²) in [4.78, 5) is 22.6. The molecule has 0 bridgehead atoms. The largest absolute Gasteiger partial charge is 0.461 e. The zero-order chi connectivity index (χ0) is 15.4. The highest BCUT2D eigenvalue weighted by atomic mass is 32.1. The van der Waals surface area contributed by atoms with E-state index in [4.69, 9.17) is 4.74 Å². The monoisotopic (exact) mass is 325 g/mol. The Morgan fingerprint density at radius 1 is 1.43 bits per heavy atom. The number of ether oxygens (including phenoxy) is 1. The molecule has 0 saturated carbocycles. The summed E-state index contributed by atoms with van der Waals surface area (Å²) in [5.41, 5.74) is 0.393. The number of aryl methyl sites for hydroxylation is 2. The van der Waals surface area contributed by atoms with Gasteiger partial charge in [0.25, 0.3) is 0 Å². The number of aromatic nitrogens is 2. The van der Waals surface area contributed by atoms with Gasteiger partial charge in [-0.05, 0) is 27.2 Å². The van der Waals surface area contributed by atoms with Gasteiger partial charge in [-0.25, -0.2) is 14.8 Å². The van der Waals surface area contributed by atoms with E-state index in [2.05, 4.69) is 22.2 Å². The predicted molar refractivity (Wildman–Crippen MR) is 86.3 cm³/mol. The SMILES string of the molecule is CCOC(=O)c1nc(NC(C)c2ncc(CC)s2)sc1C. The Bertz CT molecular complexity index is 622. The van der Waals surface area contributed by atoms with Crippen LogP contribution >= 0.6 is 22.7 Å². The Balaban J connectivity index is 2.09. The van der Waals surface area contributed by atoms with E-state index < -0.39 is 0 Å². The summed E-state index contributed by atoms with van der Waals surface area (Å²) in [5.74, 6) is -0.366. The van der Waals surface area contributed by atoms with Crippen molar-refractivity contribution in [1.82, 2.24) is 9.97 Å². The minimum Gasteiger partial charge on any atom is -0.461 e. The first-order valence-corrected chi connectivity index (χ1v) is 8.54. The van der Waals surface area contributed by atoms with Crippen LogP contribution < -0.4 is 5.32 Å². The number of anilines is 1. The van der Waals surface area contributed by atoms with E-state index in [1.54, 1.807) is 18.3 Å². The van der Waals surface area contributed by atoms with Crippen LogP contribution in [0.4, 0.5) is 5.13 Å². The Hall–Kier alpha value is -1.47. The normalized spacial score (nSPS) is 12.2. The van der Waals surface area contributed by atoms with Crippen molar-refractivity contribution < 1.29 is 9.53 Å². The van der Waals surface area contributed by atoms with Crippen molar-refractivity contribution in [3.63, 3.8) is 0 Å². The summed E-state index contributed by atoms with van der Waals surface area (Å²) in [6.45, 7) is 8.17. The summed E-state index contributed by atoms with van der Waals surface area (Å²) in [6.07, 6.45) is 2.91. The summed E-state index contributed by atoms with van der Waals surface area (Å²) in [5, 5.41) is 5.05. The maximum Gasteiger partial charge on any atom is 0.358 e. The van der Waals surface area contributed by atoms with Crippen molar-refractivity contribution in [2.45, 2.75) is 40.2 Å². The fourth-order valence-electron chi connectivity index (χ4n) is 1.78. The molecule has 2 aromatic heterocycles. The number of rotatable bonds is 6. The summed E-state index contributed by atoms with van der Waals surface area (Å²) in [6, 6.07) is 0.0656. The Kier molecular flexibility index (Phi) is 5.30. The lowest BCUT2D eigenvalue weighted by Gasteiger charge is -2.09. The minimum absolute atomic E-state index is 0.0656. The second-order valence-electron chi connectivity index (χ2n) is 4.53. The van der Waals surface area contributed by atoms with E-state index in [9.17, 15) is 4.79 Å². The van der Waals surface area contributed by atoms with Gasteiger partial charge in [0.2, 0.25) is 0 Å². The maximum atomic E-state index is 11.8. The molecule has 5 nitrogen and oxygen atoms in total. The third kappa shape index (κ3) is 3.79. The van der Waals surface area contributed by atoms with Gasteiger partial charge in [-0.15, -0.1) is 22.7 Å². The van der Waals surface area contributed by atoms with Crippen LogP contribution in [0.25, 0.3) is 0 Å². The van der Waals surface area contributed by atoms with Crippen molar-refractivity contribution in [2.24, 2.45) is 0 Å². The second-order valence-corrected chi connectivity index (χ2v) is 6.88. The lowest BCUT2D eigenvalue weighted by molar-refractivity contribution is 0.0519. The van der Waals surface area contributed by atoms with Gasteiger partial charge in [0.15, 0.2) is 10.8 Å². The number of hydrogen-bond acceptors (Lipinski definition) is 7. The number of carbonyl (C=O) groups excluding carboxylic acids is 1. The molecule has 1 N–H and O–H groups in total. The Morgan fingerprint density at radius 3 is 2.81 bits per heavy atom. The standard InChI is InChI=1S/C14H19N3O2S2/c1-5-10-7-15-12(21-10)8(3)16-14-17-11(9(4)20-14)13(18)19-6-2/h7-8H,5-6H2,1-4H3,(H,16,17). The first-order valence-electron chi connectivity index (χ1n) is 6.90. The number of esters is 1. The van der Waals surface area contributed by atoms with Crippen molar-refractivity contribution in [1.29, 1.82) is 0 Å². The molecule has 0 fully saturated rings. The summed E-state index contributed by atoms with van der Waals surface area (Å²) in [7, 11) is 0. The molecule has 0 radical (unpaired) electrons. The average Bonchev–Trinajstić information content (AvgIpc) is 3.05. The molecule has 2 heterocycles. The third-order valence-corrected chi connectivity index (χ3v) is 5.12. The molecule has 21 heavy (non-hydrogen) atoms. The molecule has 0 aliphatic heterocycles. The predicted octanol–water partition coefficient (Wildman–Crippen LogP) is 3.82. The van der Waals surface area contributed by atoms with Crippen LogP contribution in [0.5, 0.6) is 0 Å². The molecule has 0 aromatic carbocycles.